The molecule has 2 rings (SSSR count). The van der Waals surface area contributed by atoms with Crippen LogP contribution in [0, 0.1) is 5.82 Å². The molecule has 2 nitrogen and oxygen atoms in total. The molecule has 16 heavy (non-hydrogen) atoms. The Balaban J connectivity index is 2.30. The summed E-state index contributed by atoms with van der Waals surface area (Å²) in [6, 6.07) is 8.98. The van der Waals surface area contributed by atoms with E-state index in [9.17, 15) is 4.39 Å². The molecule has 0 saturated carbocycles. The minimum absolute atomic E-state index is 0.112. The van der Waals surface area contributed by atoms with Crippen molar-refractivity contribution in [2.24, 2.45) is 0 Å². The first kappa shape index (κ1) is 11.2. The SMILES string of the molecule is Fc1ccccc1Oc1cc(Cl)nc(Cl)c1. The number of pyridine rings is 1. The van der Waals surface area contributed by atoms with Crippen LogP contribution in [0.15, 0.2) is 36.4 Å². The fraction of sp³-hybridized carbons (Fsp3) is 0. The minimum Gasteiger partial charge on any atom is -0.454 e. The number of para-hydroxylation sites is 1. The van der Waals surface area contributed by atoms with Gasteiger partial charge >= 0.3 is 0 Å². The smallest absolute Gasteiger partial charge is 0.165 e. The van der Waals surface area contributed by atoms with Gasteiger partial charge in [-0.25, -0.2) is 9.37 Å². The van der Waals surface area contributed by atoms with Crippen LogP contribution in [0.1, 0.15) is 0 Å². The predicted octanol–water partition coefficient (Wildman–Crippen LogP) is 4.32. The van der Waals surface area contributed by atoms with Gasteiger partial charge in [-0.1, -0.05) is 35.3 Å². The fourth-order valence-electron chi connectivity index (χ4n) is 1.16. The number of rotatable bonds is 2. The van der Waals surface area contributed by atoms with Crippen LogP contribution >= 0.6 is 23.2 Å². The van der Waals surface area contributed by atoms with Crippen LogP contribution in [0.25, 0.3) is 0 Å². The largest absolute Gasteiger partial charge is 0.454 e. The van der Waals surface area contributed by atoms with Crippen LogP contribution < -0.4 is 4.74 Å². The summed E-state index contributed by atoms with van der Waals surface area (Å²) in [7, 11) is 0. The first-order valence-corrected chi connectivity index (χ1v) is 5.16. The third-order valence-electron chi connectivity index (χ3n) is 1.80. The lowest BCUT2D eigenvalue weighted by Gasteiger charge is -2.06. The lowest BCUT2D eigenvalue weighted by Crippen LogP contribution is -1.89. The average Bonchev–Trinajstić information content (AvgIpc) is 2.20. The first-order chi connectivity index (χ1) is 7.65. The molecule has 82 valence electrons. The van der Waals surface area contributed by atoms with Gasteiger partial charge in [0.15, 0.2) is 11.6 Å². The van der Waals surface area contributed by atoms with E-state index in [0.29, 0.717) is 5.75 Å². The molecular weight excluding hydrogens is 252 g/mol. The van der Waals surface area contributed by atoms with E-state index in [1.165, 1.54) is 24.3 Å². The number of ether oxygens (including phenoxy) is 1. The van der Waals surface area contributed by atoms with E-state index < -0.39 is 5.82 Å². The summed E-state index contributed by atoms with van der Waals surface area (Å²) in [6.45, 7) is 0. The van der Waals surface area contributed by atoms with E-state index >= 15 is 0 Å². The number of hydrogen-bond donors (Lipinski definition) is 0. The summed E-state index contributed by atoms with van der Waals surface area (Å²) in [6.07, 6.45) is 0. The van der Waals surface area contributed by atoms with E-state index in [4.69, 9.17) is 27.9 Å². The highest BCUT2D eigenvalue weighted by molar-refractivity contribution is 6.32. The van der Waals surface area contributed by atoms with Crippen molar-refractivity contribution in [3.63, 3.8) is 0 Å². The Morgan fingerprint density at radius 3 is 2.31 bits per heavy atom. The van der Waals surface area contributed by atoms with Crippen molar-refractivity contribution in [2.45, 2.75) is 0 Å². The standard InChI is InChI=1S/C11H6Cl2FNO/c12-10-5-7(6-11(13)15-10)16-9-4-2-1-3-8(9)14/h1-6H. The Labute approximate surface area is 102 Å². The third-order valence-corrected chi connectivity index (χ3v) is 2.19. The van der Waals surface area contributed by atoms with Crippen LogP contribution in [0.3, 0.4) is 0 Å². The molecule has 0 saturated heterocycles. The zero-order valence-corrected chi connectivity index (χ0v) is 9.47. The quantitative estimate of drug-likeness (QED) is 0.748. The van der Waals surface area contributed by atoms with Gasteiger partial charge in [0, 0.05) is 12.1 Å². The first-order valence-electron chi connectivity index (χ1n) is 4.40. The maximum atomic E-state index is 13.3. The molecule has 1 heterocycles. The van der Waals surface area contributed by atoms with Crippen molar-refractivity contribution in [3.8, 4) is 11.5 Å². The van der Waals surface area contributed by atoms with Gasteiger partial charge in [-0.05, 0) is 12.1 Å². The van der Waals surface area contributed by atoms with Crippen molar-refractivity contribution in [1.29, 1.82) is 0 Å². The molecule has 0 unspecified atom stereocenters. The number of benzene rings is 1. The van der Waals surface area contributed by atoms with E-state index in [-0.39, 0.29) is 16.1 Å². The molecule has 0 aliphatic carbocycles. The molecule has 0 amide bonds. The monoisotopic (exact) mass is 257 g/mol. The Morgan fingerprint density at radius 2 is 1.69 bits per heavy atom. The van der Waals surface area contributed by atoms with Crippen LogP contribution in [0.4, 0.5) is 4.39 Å². The lowest BCUT2D eigenvalue weighted by atomic mass is 10.3. The molecule has 0 radical (unpaired) electrons. The molecular formula is C11H6Cl2FNO. The molecule has 5 heteroatoms. The summed E-state index contributed by atoms with van der Waals surface area (Å²) in [4.78, 5) is 3.76. The summed E-state index contributed by atoms with van der Waals surface area (Å²) >= 11 is 11.4. The van der Waals surface area contributed by atoms with Gasteiger partial charge in [0.1, 0.15) is 16.1 Å². The van der Waals surface area contributed by atoms with Crippen molar-refractivity contribution in [2.75, 3.05) is 0 Å². The Morgan fingerprint density at radius 1 is 1.06 bits per heavy atom. The summed E-state index contributed by atoms with van der Waals surface area (Å²) in [5.41, 5.74) is 0. The molecule has 0 bridgehead atoms. The highest BCUT2D eigenvalue weighted by Gasteiger charge is 2.05. The Hall–Kier alpha value is -1.32. The molecule has 0 N–H and O–H groups in total. The van der Waals surface area contributed by atoms with Gasteiger partial charge < -0.3 is 4.74 Å². The third kappa shape index (κ3) is 2.62. The van der Waals surface area contributed by atoms with Crippen molar-refractivity contribution < 1.29 is 9.13 Å². The normalized spacial score (nSPS) is 10.2. The molecule has 1 aromatic carbocycles. The fourth-order valence-corrected chi connectivity index (χ4v) is 1.60. The lowest BCUT2D eigenvalue weighted by molar-refractivity contribution is 0.442. The van der Waals surface area contributed by atoms with E-state index in [2.05, 4.69) is 4.98 Å². The number of aromatic nitrogens is 1. The second-order valence-electron chi connectivity index (χ2n) is 2.98. The zero-order chi connectivity index (χ0) is 11.5. The van der Waals surface area contributed by atoms with Crippen LogP contribution in [-0.4, -0.2) is 4.98 Å². The summed E-state index contributed by atoms with van der Waals surface area (Å²) in [5.74, 6) is 0.00231. The number of nitrogens with zero attached hydrogens (tertiary/aromatic N) is 1. The van der Waals surface area contributed by atoms with Crippen molar-refractivity contribution >= 4 is 23.2 Å². The molecule has 1 aromatic heterocycles. The predicted molar refractivity (Wildman–Crippen MR) is 60.7 cm³/mol. The molecule has 0 fully saturated rings. The van der Waals surface area contributed by atoms with Gasteiger partial charge in [0.2, 0.25) is 0 Å². The summed E-state index contributed by atoms with van der Waals surface area (Å²) < 4.78 is 18.6. The number of hydrogen-bond acceptors (Lipinski definition) is 2. The number of halogens is 3. The van der Waals surface area contributed by atoms with E-state index in [1.807, 2.05) is 0 Å². The maximum Gasteiger partial charge on any atom is 0.165 e. The van der Waals surface area contributed by atoms with Gasteiger partial charge in [0.05, 0.1) is 0 Å². The van der Waals surface area contributed by atoms with Crippen molar-refractivity contribution in [3.05, 3.63) is 52.5 Å². The molecule has 0 aliphatic rings. The van der Waals surface area contributed by atoms with Gasteiger partial charge in [-0.3, -0.25) is 0 Å². The second-order valence-corrected chi connectivity index (χ2v) is 3.76. The molecule has 2 aromatic rings. The topological polar surface area (TPSA) is 22.1 Å². The van der Waals surface area contributed by atoms with Gasteiger partial charge in [0.25, 0.3) is 0 Å². The van der Waals surface area contributed by atoms with Gasteiger partial charge in [-0.15, -0.1) is 0 Å². The van der Waals surface area contributed by atoms with E-state index in [0.717, 1.165) is 0 Å². The van der Waals surface area contributed by atoms with Crippen molar-refractivity contribution in [1.82, 2.24) is 4.98 Å². The van der Waals surface area contributed by atoms with Gasteiger partial charge in [-0.2, -0.15) is 0 Å². The molecule has 0 spiro atoms. The Kier molecular flexibility index (Phi) is 3.27. The van der Waals surface area contributed by atoms with Crippen LogP contribution in [-0.2, 0) is 0 Å². The highest BCUT2D eigenvalue weighted by Crippen LogP contribution is 2.27. The average molecular weight is 258 g/mol. The van der Waals surface area contributed by atoms with Crippen LogP contribution in [0.2, 0.25) is 10.3 Å². The summed E-state index contributed by atoms with van der Waals surface area (Å²) in [5, 5.41) is 0.387. The minimum atomic E-state index is -0.452. The zero-order valence-electron chi connectivity index (χ0n) is 7.95. The maximum absolute atomic E-state index is 13.3. The molecule has 0 aliphatic heterocycles. The van der Waals surface area contributed by atoms with E-state index in [1.54, 1.807) is 12.1 Å². The second kappa shape index (κ2) is 4.68. The Bertz CT molecular complexity index is 499. The van der Waals surface area contributed by atoms with Crippen LogP contribution in [0.5, 0.6) is 11.5 Å². The molecule has 0 atom stereocenters. The highest BCUT2D eigenvalue weighted by atomic mass is 35.5.